The molecule has 0 saturated carbocycles. The minimum absolute atomic E-state index is 0.0157. The number of rotatable bonds is 1. The van der Waals surface area contributed by atoms with Gasteiger partial charge in [0.15, 0.2) is 0 Å². The Labute approximate surface area is 132 Å². The number of hydrogen-bond acceptors (Lipinski definition) is 5. The Hall–Kier alpha value is -2.70. The molecule has 4 heterocycles. The summed E-state index contributed by atoms with van der Waals surface area (Å²) in [5.41, 5.74) is 5.66. The van der Waals surface area contributed by atoms with Gasteiger partial charge in [-0.25, -0.2) is 4.98 Å². The normalized spacial score (nSPS) is 14.3. The van der Waals surface area contributed by atoms with Crippen molar-refractivity contribution in [1.29, 1.82) is 0 Å². The molecule has 0 saturated heterocycles. The molecule has 0 aliphatic carbocycles. The highest BCUT2D eigenvalue weighted by atomic mass is 16.5. The van der Waals surface area contributed by atoms with Gasteiger partial charge in [-0.05, 0) is 26.8 Å². The summed E-state index contributed by atoms with van der Waals surface area (Å²) in [5.74, 6) is -0.0157. The zero-order valence-electron chi connectivity index (χ0n) is 13.3. The number of H-pyrrole nitrogens is 1. The van der Waals surface area contributed by atoms with Crippen LogP contribution in [0.1, 0.15) is 38.7 Å². The molecule has 7 nitrogen and oxygen atoms in total. The molecule has 7 heteroatoms. The van der Waals surface area contributed by atoms with E-state index in [0.29, 0.717) is 35.4 Å². The van der Waals surface area contributed by atoms with E-state index in [-0.39, 0.29) is 5.91 Å². The largest absolute Gasteiger partial charge is 0.336 e. The van der Waals surface area contributed by atoms with Crippen LogP contribution in [0.25, 0.3) is 11.1 Å². The maximum atomic E-state index is 13.1. The molecule has 4 rings (SSSR count). The molecule has 1 amide bonds. The number of fused-ring (bicyclic) bond motifs is 2. The molecule has 0 bridgehead atoms. The maximum absolute atomic E-state index is 13.1. The van der Waals surface area contributed by atoms with E-state index >= 15 is 0 Å². The molecular formula is C16H17N5O2. The number of aryl methyl sites for hydroxylation is 3. The Morgan fingerprint density at radius 2 is 2.17 bits per heavy atom. The second-order valence-corrected chi connectivity index (χ2v) is 6.01. The summed E-state index contributed by atoms with van der Waals surface area (Å²) >= 11 is 0. The van der Waals surface area contributed by atoms with E-state index in [0.717, 1.165) is 29.1 Å². The lowest BCUT2D eigenvalue weighted by Crippen LogP contribution is -2.36. The van der Waals surface area contributed by atoms with E-state index in [2.05, 4.69) is 20.3 Å². The van der Waals surface area contributed by atoms with Gasteiger partial charge in [-0.2, -0.15) is 5.10 Å². The Morgan fingerprint density at radius 1 is 1.35 bits per heavy atom. The van der Waals surface area contributed by atoms with E-state index in [1.807, 2.05) is 31.7 Å². The predicted octanol–water partition coefficient (Wildman–Crippen LogP) is 2.07. The van der Waals surface area contributed by atoms with Crippen LogP contribution < -0.4 is 0 Å². The van der Waals surface area contributed by atoms with Crippen LogP contribution in [0.4, 0.5) is 0 Å². The molecule has 0 aromatic carbocycles. The Bertz CT molecular complexity index is 924. The molecular weight excluding hydrogens is 294 g/mol. The van der Waals surface area contributed by atoms with Crippen LogP contribution in [0.15, 0.2) is 10.6 Å². The molecule has 0 radical (unpaired) electrons. The smallest absolute Gasteiger partial charge is 0.258 e. The maximum Gasteiger partial charge on any atom is 0.258 e. The van der Waals surface area contributed by atoms with Crippen molar-refractivity contribution >= 4 is 17.0 Å². The van der Waals surface area contributed by atoms with Crippen molar-refractivity contribution in [1.82, 2.24) is 25.2 Å². The van der Waals surface area contributed by atoms with Gasteiger partial charge in [-0.3, -0.25) is 9.89 Å². The minimum Gasteiger partial charge on any atom is -0.336 e. The van der Waals surface area contributed by atoms with Gasteiger partial charge in [0.1, 0.15) is 0 Å². The first-order valence-electron chi connectivity index (χ1n) is 7.60. The van der Waals surface area contributed by atoms with Crippen LogP contribution in [0, 0.1) is 20.8 Å². The lowest BCUT2D eigenvalue weighted by atomic mass is 10.0. The molecule has 0 atom stereocenters. The lowest BCUT2D eigenvalue weighted by molar-refractivity contribution is 0.0736. The van der Waals surface area contributed by atoms with Crippen molar-refractivity contribution in [2.45, 2.75) is 33.7 Å². The molecule has 1 N–H and O–H groups in total. The molecule has 3 aromatic heterocycles. The van der Waals surface area contributed by atoms with Crippen LogP contribution in [0.3, 0.4) is 0 Å². The standard InChI is InChI=1S/C16H17N5O2/c1-8-6-11(14-10(3)20-23-15(14)17-8)16(22)21-5-4-13-12(7-21)9(2)18-19-13/h6H,4-5,7H2,1-3H3,(H,18,19). The number of amides is 1. The van der Waals surface area contributed by atoms with Crippen molar-refractivity contribution in [3.8, 4) is 0 Å². The molecule has 3 aromatic rings. The number of nitrogens with one attached hydrogen (secondary N) is 1. The zero-order chi connectivity index (χ0) is 16.1. The third-order valence-electron chi connectivity index (χ3n) is 4.39. The third-order valence-corrected chi connectivity index (χ3v) is 4.39. The van der Waals surface area contributed by atoms with Gasteiger partial charge in [0.2, 0.25) is 0 Å². The zero-order valence-corrected chi connectivity index (χ0v) is 13.3. The second kappa shape index (κ2) is 4.91. The number of hydrogen-bond donors (Lipinski definition) is 1. The fraction of sp³-hybridized carbons (Fsp3) is 0.375. The SMILES string of the molecule is Cc1cc(C(=O)N2CCc3n[nH]c(C)c3C2)c2c(C)noc2n1. The van der Waals surface area contributed by atoms with Gasteiger partial charge in [0.05, 0.1) is 22.3 Å². The van der Waals surface area contributed by atoms with E-state index in [1.165, 1.54) is 0 Å². The van der Waals surface area contributed by atoms with Crippen LogP contribution in [0.5, 0.6) is 0 Å². The monoisotopic (exact) mass is 311 g/mol. The number of nitrogens with zero attached hydrogens (tertiary/aromatic N) is 4. The van der Waals surface area contributed by atoms with Crippen molar-refractivity contribution < 1.29 is 9.32 Å². The Kier molecular flexibility index (Phi) is 2.97. The minimum atomic E-state index is -0.0157. The molecule has 1 aliphatic heterocycles. The number of carbonyl (C=O) groups excluding carboxylic acids is 1. The molecule has 1 aliphatic rings. The molecule has 0 spiro atoms. The second-order valence-electron chi connectivity index (χ2n) is 6.01. The van der Waals surface area contributed by atoms with Gasteiger partial charge in [-0.15, -0.1) is 0 Å². The predicted molar refractivity (Wildman–Crippen MR) is 83.0 cm³/mol. The number of aromatic nitrogens is 4. The van der Waals surface area contributed by atoms with Crippen LogP contribution in [-0.4, -0.2) is 37.7 Å². The molecule has 118 valence electrons. The molecule has 23 heavy (non-hydrogen) atoms. The fourth-order valence-electron chi connectivity index (χ4n) is 3.16. The van der Waals surface area contributed by atoms with E-state index in [4.69, 9.17) is 4.52 Å². The highest BCUT2D eigenvalue weighted by Crippen LogP contribution is 2.26. The van der Waals surface area contributed by atoms with Gasteiger partial charge in [-0.1, -0.05) is 5.16 Å². The summed E-state index contributed by atoms with van der Waals surface area (Å²) in [6, 6.07) is 1.81. The Morgan fingerprint density at radius 3 is 3.00 bits per heavy atom. The topological polar surface area (TPSA) is 87.9 Å². The lowest BCUT2D eigenvalue weighted by Gasteiger charge is -2.27. The van der Waals surface area contributed by atoms with Crippen LogP contribution in [0.2, 0.25) is 0 Å². The first-order valence-corrected chi connectivity index (χ1v) is 7.60. The van der Waals surface area contributed by atoms with Gasteiger partial charge in [0, 0.05) is 36.5 Å². The highest BCUT2D eigenvalue weighted by Gasteiger charge is 2.27. The summed E-state index contributed by atoms with van der Waals surface area (Å²) < 4.78 is 5.22. The average Bonchev–Trinajstić information content (AvgIpc) is 3.09. The molecule has 0 unspecified atom stereocenters. The summed E-state index contributed by atoms with van der Waals surface area (Å²) in [6.07, 6.45) is 0.765. The third kappa shape index (κ3) is 2.11. The first kappa shape index (κ1) is 13.9. The van der Waals surface area contributed by atoms with Crippen molar-refractivity contribution in [3.63, 3.8) is 0 Å². The highest BCUT2D eigenvalue weighted by molar-refractivity contribution is 6.06. The summed E-state index contributed by atoms with van der Waals surface area (Å²) in [4.78, 5) is 19.2. The van der Waals surface area contributed by atoms with E-state index < -0.39 is 0 Å². The van der Waals surface area contributed by atoms with Gasteiger partial charge < -0.3 is 9.42 Å². The number of aromatic amines is 1. The van der Waals surface area contributed by atoms with Gasteiger partial charge in [0.25, 0.3) is 11.6 Å². The Balaban J connectivity index is 1.76. The van der Waals surface area contributed by atoms with Crippen molar-refractivity contribution in [2.75, 3.05) is 6.54 Å². The average molecular weight is 311 g/mol. The number of pyridine rings is 1. The van der Waals surface area contributed by atoms with Crippen molar-refractivity contribution in [3.05, 3.63) is 40.0 Å². The first-order chi connectivity index (χ1) is 11.0. The van der Waals surface area contributed by atoms with E-state index in [1.54, 1.807) is 0 Å². The summed E-state index contributed by atoms with van der Waals surface area (Å²) in [6.45, 7) is 6.89. The summed E-state index contributed by atoms with van der Waals surface area (Å²) in [7, 11) is 0. The van der Waals surface area contributed by atoms with Crippen LogP contribution >= 0.6 is 0 Å². The molecule has 0 fully saturated rings. The van der Waals surface area contributed by atoms with Crippen LogP contribution in [-0.2, 0) is 13.0 Å². The number of carbonyl (C=O) groups is 1. The fourth-order valence-corrected chi connectivity index (χ4v) is 3.16. The van der Waals surface area contributed by atoms with Gasteiger partial charge >= 0.3 is 0 Å². The quantitative estimate of drug-likeness (QED) is 0.743. The van der Waals surface area contributed by atoms with E-state index in [9.17, 15) is 4.79 Å². The van der Waals surface area contributed by atoms with Crippen molar-refractivity contribution in [2.24, 2.45) is 0 Å². The summed E-state index contributed by atoms with van der Waals surface area (Å²) in [5, 5.41) is 11.9.